The Hall–Kier alpha value is -5.29. The van der Waals surface area contributed by atoms with Crippen molar-refractivity contribution in [2.45, 2.75) is 27.2 Å². The number of anilines is 5. The van der Waals surface area contributed by atoms with Gasteiger partial charge < -0.3 is 19.7 Å². The zero-order valence-corrected chi connectivity index (χ0v) is 24.8. The first-order chi connectivity index (χ1) is 20.8. The molecule has 0 aliphatic carbocycles. The largest absolute Gasteiger partial charge is 0.462 e. The van der Waals surface area contributed by atoms with Gasteiger partial charge in [0.25, 0.3) is 0 Å². The maximum atomic E-state index is 11.5. The van der Waals surface area contributed by atoms with Gasteiger partial charge in [-0.15, -0.1) is 0 Å². The predicted molar refractivity (Wildman–Crippen MR) is 176 cm³/mol. The van der Waals surface area contributed by atoms with E-state index in [1.807, 2.05) is 60.7 Å². The Labute approximate surface area is 254 Å². The molecule has 0 heterocycles. The van der Waals surface area contributed by atoms with Gasteiger partial charge in [0.05, 0.1) is 6.61 Å². The Kier molecular flexibility index (Phi) is 9.23. The van der Waals surface area contributed by atoms with Gasteiger partial charge in [0.15, 0.2) is 0 Å². The smallest absolute Gasteiger partial charge is 0.333 e. The van der Waals surface area contributed by atoms with Crippen molar-refractivity contribution in [1.82, 2.24) is 0 Å². The number of hydrogen-bond acceptors (Lipinski definition) is 5. The fraction of sp³-hybridized carbons (Fsp3) is 0.132. The minimum absolute atomic E-state index is 0.334. The Morgan fingerprint density at radius 2 is 1.07 bits per heavy atom. The number of carbonyl (C=O) groups is 1. The van der Waals surface area contributed by atoms with E-state index in [1.165, 1.54) is 11.1 Å². The van der Waals surface area contributed by atoms with E-state index in [9.17, 15) is 4.79 Å². The van der Waals surface area contributed by atoms with Crippen LogP contribution >= 0.6 is 0 Å². The highest BCUT2D eigenvalue weighted by Gasteiger charge is 2.13. The molecule has 5 nitrogen and oxygen atoms in total. The number of aryl methyl sites for hydroxylation is 2. The third-order valence-electron chi connectivity index (χ3n) is 6.98. The summed E-state index contributed by atoms with van der Waals surface area (Å²) in [5.74, 6) is 1.17. The summed E-state index contributed by atoms with van der Waals surface area (Å²) in [4.78, 5) is 13.8. The number of ether oxygens (including phenoxy) is 2. The summed E-state index contributed by atoms with van der Waals surface area (Å²) in [6.45, 7) is 9.78. The lowest BCUT2D eigenvalue weighted by molar-refractivity contribution is -0.138. The van der Waals surface area contributed by atoms with Crippen LogP contribution in [-0.2, 0) is 16.0 Å². The molecule has 0 saturated carbocycles. The fourth-order valence-corrected chi connectivity index (χ4v) is 4.55. The van der Waals surface area contributed by atoms with Gasteiger partial charge in [-0.1, -0.05) is 54.1 Å². The minimum atomic E-state index is -0.356. The summed E-state index contributed by atoms with van der Waals surface area (Å²) in [7, 11) is 0. The number of nitrogens with zero attached hydrogens (tertiary/aromatic N) is 1. The molecule has 216 valence electrons. The first kappa shape index (κ1) is 29.2. The number of carbonyl (C=O) groups excluding carboxylic acids is 1. The molecule has 1 N–H and O–H groups in total. The summed E-state index contributed by atoms with van der Waals surface area (Å²) in [5.41, 5.74) is 9.14. The Balaban J connectivity index is 1.20. The molecule has 5 heteroatoms. The van der Waals surface area contributed by atoms with Crippen LogP contribution in [0.3, 0.4) is 0 Å². The zero-order valence-electron chi connectivity index (χ0n) is 24.8. The first-order valence-electron chi connectivity index (χ1n) is 14.3. The topological polar surface area (TPSA) is 50.8 Å². The van der Waals surface area contributed by atoms with E-state index in [-0.39, 0.29) is 5.97 Å². The van der Waals surface area contributed by atoms with Crippen LogP contribution in [0.1, 0.15) is 23.6 Å². The van der Waals surface area contributed by atoms with Crippen LogP contribution < -0.4 is 15.0 Å². The van der Waals surface area contributed by atoms with E-state index in [2.05, 4.69) is 91.3 Å². The molecule has 0 aromatic heterocycles. The van der Waals surface area contributed by atoms with Gasteiger partial charge in [0.2, 0.25) is 0 Å². The van der Waals surface area contributed by atoms with Crippen molar-refractivity contribution < 1.29 is 14.3 Å². The molecule has 0 bridgehead atoms. The van der Waals surface area contributed by atoms with E-state index < -0.39 is 0 Å². The van der Waals surface area contributed by atoms with Gasteiger partial charge in [-0.2, -0.15) is 0 Å². The normalized spacial score (nSPS) is 10.6. The minimum Gasteiger partial charge on any atom is -0.462 e. The molecule has 5 aromatic rings. The van der Waals surface area contributed by atoms with Crippen molar-refractivity contribution in [3.8, 4) is 11.5 Å². The van der Waals surface area contributed by atoms with Crippen LogP contribution in [0.5, 0.6) is 11.5 Å². The average molecular weight is 569 g/mol. The highest BCUT2D eigenvalue weighted by atomic mass is 16.5. The molecule has 0 radical (unpaired) electrons. The second-order valence-electron chi connectivity index (χ2n) is 10.6. The fourth-order valence-electron chi connectivity index (χ4n) is 4.55. The van der Waals surface area contributed by atoms with Crippen molar-refractivity contribution in [2.24, 2.45) is 0 Å². The van der Waals surface area contributed by atoms with E-state index in [0.717, 1.165) is 45.5 Å². The quantitative estimate of drug-likeness (QED) is 0.127. The monoisotopic (exact) mass is 568 g/mol. The lowest BCUT2D eigenvalue weighted by Crippen LogP contribution is -2.09. The number of benzene rings is 5. The van der Waals surface area contributed by atoms with Crippen LogP contribution in [0.15, 0.2) is 133 Å². The van der Waals surface area contributed by atoms with Crippen LogP contribution in [0.25, 0.3) is 0 Å². The summed E-state index contributed by atoms with van der Waals surface area (Å²) in [6, 6.07) is 41.2. The summed E-state index contributed by atoms with van der Waals surface area (Å²) in [6.07, 6.45) is 0.655. The SMILES string of the molecule is C=C(C)C(=O)OCCc1ccc(Nc2ccc(Oc3ccc(N(c4ccc(C)cc4)c4ccc(C)cc4)cc3)cc2)cc1. The number of rotatable bonds is 11. The molecule has 0 amide bonds. The number of esters is 1. The predicted octanol–water partition coefficient (Wildman–Crippen LogP) is 9.97. The highest BCUT2D eigenvalue weighted by molar-refractivity contribution is 5.86. The maximum Gasteiger partial charge on any atom is 0.333 e. The van der Waals surface area contributed by atoms with Crippen molar-refractivity contribution in [1.29, 1.82) is 0 Å². The highest BCUT2D eigenvalue weighted by Crippen LogP contribution is 2.36. The molecule has 0 spiro atoms. The van der Waals surface area contributed by atoms with Gasteiger partial charge in [0.1, 0.15) is 11.5 Å². The number of hydrogen-bond donors (Lipinski definition) is 1. The number of nitrogens with one attached hydrogen (secondary N) is 1. The molecule has 0 fully saturated rings. The Morgan fingerprint density at radius 3 is 1.53 bits per heavy atom. The van der Waals surface area contributed by atoms with Gasteiger partial charge in [0, 0.05) is 40.4 Å². The third-order valence-corrected chi connectivity index (χ3v) is 6.98. The molecule has 0 aliphatic heterocycles. The third kappa shape index (κ3) is 7.92. The van der Waals surface area contributed by atoms with Crippen LogP contribution in [0, 0.1) is 13.8 Å². The summed E-state index contributed by atoms with van der Waals surface area (Å²) < 4.78 is 11.3. The van der Waals surface area contributed by atoms with Crippen LogP contribution in [0.4, 0.5) is 28.4 Å². The van der Waals surface area contributed by atoms with Crippen LogP contribution in [0.2, 0.25) is 0 Å². The Bertz CT molecular complexity index is 1610. The maximum absolute atomic E-state index is 11.5. The van der Waals surface area contributed by atoms with Gasteiger partial charge in [-0.25, -0.2) is 4.79 Å². The zero-order chi connectivity index (χ0) is 30.2. The van der Waals surface area contributed by atoms with Gasteiger partial charge >= 0.3 is 5.97 Å². The van der Waals surface area contributed by atoms with E-state index in [4.69, 9.17) is 9.47 Å². The molecule has 0 aliphatic rings. The van der Waals surface area contributed by atoms with Crippen molar-refractivity contribution >= 4 is 34.4 Å². The second-order valence-corrected chi connectivity index (χ2v) is 10.6. The summed E-state index contributed by atoms with van der Waals surface area (Å²) >= 11 is 0. The molecule has 0 atom stereocenters. The van der Waals surface area contributed by atoms with E-state index in [0.29, 0.717) is 18.6 Å². The molecule has 0 unspecified atom stereocenters. The van der Waals surface area contributed by atoms with E-state index >= 15 is 0 Å². The van der Waals surface area contributed by atoms with E-state index in [1.54, 1.807) is 6.92 Å². The lowest BCUT2D eigenvalue weighted by Gasteiger charge is -2.26. The summed E-state index contributed by atoms with van der Waals surface area (Å²) in [5, 5.41) is 3.41. The average Bonchev–Trinajstić information content (AvgIpc) is 3.02. The van der Waals surface area contributed by atoms with Crippen molar-refractivity contribution in [3.63, 3.8) is 0 Å². The van der Waals surface area contributed by atoms with Gasteiger partial charge in [-0.05, 0) is 111 Å². The molecular weight excluding hydrogens is 532 g/mol. The lowest BCUT2D eigenvalue weighted by atomic mass is 10.1. The first-order valence-corrected chi connectivity index (χ1v) is 14.3. The molecular formula is C38H36N2O3. The molecule has 5 aromatic carbocycles. The Morgan fingerprint density at radius 1 is 0.651 bits per heavy atom. The second kappa shape index (κ2) is 13.6. The molecule has 5 rings (SSSR count). The van der Waals surface area contributed by atoms with Crippen molar-refractivity contribution in [2.75, 3.05) is 16.8 Å². The van der Waals surface area contributed by atoms with Gasteiger partial charge in [-0.3, -0.25) is 0 Å². The van der Waals surface area contributed by atoms with Crippen molar-refractivity contribution in [3.05, 3.63) is 150 Å². The standard InChI is InChI=1S/C38H36N2O3/c1-27(2)38(41)42-26-25-30-9-11-31(12-10-30)39-32-13-21-36(22-14-32)43-37-23-19-35(20-24-37)40(33-15-5-28(3)6-16-33)34-17-7-29(4)8-18-34/h5-24,39H,1,25-26H2,2-4H3. The van der Waals surface area contributed by atoms with Crippen LogP contribution in [-0.4, -0.2) is 12.6 Å². The molecule has 0 saturated heterocycles. The molecule has 43 heavy (non-hydrogen) atoms.